The minimum Gasteiger partial charge on any atom is -0.490 e. The molecule has 0 bridgehead atoms. The van der Waals surface area contributed by atoms with Gasteiger partial charge >= 0.3 is 5.97 Å². The zero-order chi connectivity index (χ0) is 14.0. The van der Waals surface area contributed by atoms with E-state index in [-0.39, 0.29) is 11.8 Å². The first-order chi connectivity index (χ1) is 9.02. The Morgan fingerprint density at radius 1 is 1.37 bits per heavy atom. The lowest BCUT2D eigenvalue weighted by molar-refractivity contribution is 0.0593. The number of hydrogen-bond acceptors (Lipinski definition) is 4. The summed E-state index contributed by atoms with van der Waals surface area (Å²) in [5.41, 5.74) is 1.01. The Morgan fingerprint density at radius 2 is 2.11 bits per heavy atom. The Morgan fingerprint density at radius 3 is 2.74 bits per heavy atom. The maximum absolute atomic E-state index is 11.7. The van der Waals surface area contributed by atoms with E-state index >= 15 is 0 Å². The summed E-state index contributed by atoms with van der Waals surface area (Å²) in [5, 5.41) is 0.897. The molecule has 2 rings (SSSR count). The molecule has 0 fully saturated rings. The fourth-order valence-corrected chi connectivity index (χ4v) is 2.36. The van der Waals surface area contributed by atoms with Gasteiger partial charge in [0.15, 0.2) is 5.69 Å². The van der Waals surface area contributed by atoms with Crippen LogP contribution in [0.15, 0.2) is 24.3 Å². The van der Waals surface area contributed by atoms with Crippen LogP contribution in [0.3, 0.4) is 0 Å². The maximum atomic E-state index is 11.7. The summed E-state index contributed by atoms with van der Waals surface area (Å²) in [6.07, 6.45) is 0.0222. The largest absolute Gasteiger partial charge is 0.490 e. The number of rotatable bonds is 3. The summed E-state index contributed by atoms with van der Waals surface area (Å²) in [6, 6.07) is 7.44. The van der Waals surface area contributed by atoms with Crippen molar-refractivity contribution in [2.45, 2.75) is 20.0 Å². The molecule has 19 heavy (non-hydrogen) atoms. The van der Waals surface area contributed by atoms with E-state index in [1.54, 1.807) is 6.07 Å². The van der Waals surface area contributed by atoms with Gasteiger partial charge in [0.05, 0.1) is 18.7 Å². The predicted octanol–water partition coefficient (Wildman–Crippen LogP) is 3.41. The van der Waals surface area contributed by atoms with Crippen LogP contribution in [-0.2, 0) is 4.74 Å². The predicted molar refractivity (Wildman–Crippen MR) is 81.6 cm³/mol. The summed E-state index contributed by atoms with van der Waals surface area (Å²) in [4.78, 5) is 16.0. The van der Waals surface area contributed by atoms with Crippen LogP contribution in [0.25, 0.3) is 10.9 Å². The molecule has 1 heterocycles. The number of ether oxygens (including phenoxy) is 2. The third kappa shape index (κ3) is 2.97. The topological polar surface area (TPSA) is 48.4 Å². The highest BCUT2D eigenvalue weighted by Crippen LogP contribution is 2.29. The van der Waals surface area contributed by atoms with Gasteiger partial charge in [-0.05, 0) is 48.6 Å². The molecule has 2 aromatic rings. The van der Waals surface area contributed by atoms with Crippen molar-refractivity contribution in [2.75, 3.05) is 7.11 Å². The minimum absolute atomic E-state index is 0.0222. The SMILES string of the molecule is COC(=O)c1cc(OC(C)C)c2cccc(I)c2n1. The van der Waals surface area contributed by atoms with E-state index in [9.17, 15) is 4.79 Å². The van der Waals surface area contributed by atoms with Gasteiger partial charge in [-0.15, -0.1) is 0 Å². The number of fused-ring (bicyclic) bond motifs is 1. The summed E-state index contributed by atoms with van der Waals surface area (Å²) >= 11 is 2.19. The van der Waals surface area contributed by atoms with Crippen molar-refractivity contribution in [1.29, 1.82) is 0 Å². The molecule has 0 spiro atoms. The van der Waals surface area contributed by atoms with Gasteiger partial charge in [0, 0.05) is 15.0 Å². The van der Waals surface area contributed by atoms with E-state index < -0.39 is 5.97 Å². The number of pyridine rings is 1. The molecule has 0 radical (unpaired) electrons. The van der Waals surface area contributed by atoms with Crippen molar-refractivity contribution in [3.8, 4) is 5.75 Å². The molecule has 0 amide bonds. The third-order valence-electron chi connectivity index (χ3n) is 2.51. The molecule has 4 nitrogen and oxygen atoms in total. The van der Waals surface area contributed by atoms with Crippen LogP contribution in [0.5, 0.6) is 5.75 Å². The Hall–Kier alpha value is -1.37. The average molecular weight is 371 g/mol. The Kier molecular flexibility index (Phi) is 4.24. The maximum Gasteiger partial charge on any atom is 0.356 e. The van der Waals surface area contributed by atoms with E-state index in [1.807, 2.05) is 32.0 Å². The number of para-hydroxylation sites is 1. The fraction of sp³-hybridized carbons (Fsp3) is 0.286. The number of esters is 1. The van der Waals surface area contributed by atoms with Crippen LogP contribution >= 0.6 is 22.6 Å². The van der Waals surface area contributed by atoms with E-state index in [2.05, 4.69) is 27.6 Å². The number of nitrogens with zero attached hydrogens (tertiary/aromatic N) is 1. The molecule has 0 saturated carbocycles. The van der Waals surface area contributed by atoms with Gasteiger partial charge in [0.1, 0.15) is 5.75 Å². The lowest BCUT2D eigenvalue weighted by atomic mass is 10.2. The van der Waals surface area contributed by atoms with Crippen LogP contribution in [0.4, 0.5) is 0 Å². The van der Waals surface area contributed by atoms with Crippen LogP contribution < -0.4 is 4.74 Å². The van der Waals surface area contributed by atoms with Crippen molar-refractivity contribution in [2.24, 2.45) is 0 Å². The molecule has 0 saturated heterocycles. The summed E-state index contributed by atoms with van der Waals surface area (Å²) in [7, 11) is 1.34. The number of carbonyl (C=O) groups is 1. The highest BCUT2D eigenvalue weighted by Gasteiger charge is 2.15. The molecule has 1 aromatic carbocycles. The van der Waals surface area contributed by atoms with Crippen LogP contribution in [0.1, 0.15) is 24.3 Å². The summed E-state index contributed by atoms with van der Waals surface area (Å²) < 4.78 is 11.5. The van der Waals surface area contributed by atoms with E-state index in [0.29, 0.717) is 5.75 Å². The number of benzene rings is 1. The Bertz CT molecular complexity index is 625. The molecule has 0 aliphatic carbocycles. The second kappa shape index (κ2) is 5.73. The summed E-state index contributed by atoms with van der Waals surface area (Å²) in [6.45, 7) is 3.88. The Labute approximate surface area is 125 Å². The van der Waals surface area contributed by atoms with E-state index in [4.69, 9.17) is 9.47 Å². The normalized spacial score (nSPS) is 10.8. The Balaban J connectivity index is 2.69. The number of halogens is 1. The first-order valence-corrected chi connectivity index (χ1v) is 6.95. The third-order valence-corrected chi connectivity index (χ3v) is 3.38. The first kappa shape index (κ1) is 14.0. The number of aromatic nitrogens is 1. The molecule has 1 aromatic heterocycles. The zero-order valence-electron chi connectivity index (χ0n) is 10.9. The molecule has 5 heteroatoms. The monoisotopic (exact) mass is 371 g/mol. The standard InChI is InChI=1S/C14H14INO3/c1-8(2)19-12-7-11(14(17)18-3)16-13-9(12)5-4-6-10(13)15/h4-8H,1-3H3. The number of carbonyl (C=O) groups excluding carboxylic acids is 1. The summed E-state index contributed by atoms with van der Waals surface area (Å²) in [5.74, 6) is 0.189. The van der Waals surface area contributed by atoms with Crippen molar-refractivity contribution >= 4 is 39.5 Å². The van der Waals surface area contributed by atoms with Gasteiger partial charge in [0.2, 0.25) is 0 Å². The average Bonchev–Trinajstić information content (AvgIpc) is 2.38. The molecule has 100 valence electrons. The molecule has 0 atom stereocenters. The van der Waals surface area contributed by atoms with Gasteiger partial charge in [-0.1, -0.05) is 6.07 Å². The van der Waals surface area contributed by atoms with Crippen LogP contribution in [0, 0.1) is 3.57 Å². The highest BCUT2D eigenvalue weighted by molar-refractivity contribution is 14.1. The molecular formula is C14H14INO3. The molecule has 0 aliphatic rings. The van der Waals surface area contributed by atoms with Crippen molar-refractivity contribution < 1.29 is 14.3 Å². The first-order valence-electron chi connectivity index (χ1n) is 5.87. The molecule has 0 aliphatic heterocycles. The molecule has 0 N–H and O–H groups in total. The zero-order valence-corrected chi connectivity index (χ0v) is 13.1. The van der Waals surface area contributed by atoms with Gasteiger partial charge < -0.3 is 9.47 Å². The van der Waals surface area contributed by atoms with Crippen molar-refractivity contribution in [3.05, 3.63) is 33.5 Å². The highest BCUT2D eigenvalue weighted by atomic mass is 127. The quantitative estimate of drug-likeness (QED) is 0.613. The van der Waals surface area contributed by atoms with Gasteiger partial charge in [-0.3, -0.25) is 0 Å². The second-order valence-corrected chi connectivity index (χ2v) is 5.46. The second-order valence-electron chi connectivity index (χ2n) is 4.30. The van der Waals surface area contributed by atoms with Crippen LogP contribution in [-0.4, -0.2) is 24.2 Å². The molecular weight excluding hydrogens is 357 g/mol. The fourth-order valence-electron chi connectivity index (χ4n) is 1.74. The lowest BCUT2D eigenvalue weighted by Gasteiger charge is -2.13. The van der Waals surface area contributed by atoms with Gasteiger partial charge in [0.25, 0.3) is 0 Å². The van der Waals surface area contributed by atoms with E-state index in [0.717, 1.165) is 14.5 Å². The number of hydrogen-bond donors (Lipinski definition) is 0. The number of methoxy groups -OCH3 is 1. The van der Waals surface area contributed by atoms with Gasteiger partial charge in [-0.2, -0.15) is 0 Å². The smallest absolute Gasteiger partial charge is 0.356 e. The van der Waals surface area contributed by atoms with Crippen molar-refractivity contribution in [3.63, 3.8) is 0 Å². The van der Waals surface area contributed by atoms with Crippen molar-refractivity contribution in [1.82, 2.24) is 4.98 Å². The van der Waals surface area contributed by atoms with Gasteiger partial charge in [-0.25, -0.2) is 9.78 Å². The van der Waals surface area contributed by atoms with Crippen LogP contribution in [0.2, 0.25) is 0 Å². The van der Waals surface area contributed by atoms with E-state index in [1.165, 1.54) is 7.11 Å². The molecule has 0 unspecified atom stereocenters. The minimum atomic E-state index is -0.463. The lowest BCUT2D eigenvalue weighted by Crippen LogP contribution is -2.10.